The molecule has 0 atom stereocenters. The van der Waals surface area contributed by atoms with E-state index in [1.807, 2.05) is 19.1 Å². The molecular formula is C14H14FN3S. The maximum Gasteiger partial charge on any atom is 0.135 e. The van der Waals surface area contributed by atoms with E-state index in [4.69, 9.17) is 18.0 Å². The van der Waals surface area contributed by atoms with Crippen molar-refractivity contribution in [3.8, 4) is 0 Å². The Bertz CT molecular complexity index is 613. The first-order chi connectivity index (χ1) is 9.09. The molecule has 19 heavy (non-hydrogen) atoms. The minimum atomic E-state index is -0.421. The minimum Gasteiger partial charge on any atom is -0.389 e. The van der Waals surface area contributed by atoms with Crippen molar-refractivity contribution >= 4 is 22.9 Å². The summed E-state index contributed by atoms with van der Waals surface area (Å²) in [6.45, 7) is 2.47. The Morgan fingerprint density at radius 3 is 2.84 bits per heavy atom. The van der Waals surface area contributed by atoms with Crippen LogP contribution in [0.25, 0.3) is 0 Å². The van der Waals surface area contributed by atoms with Gasteiger partial charge in [0.1, 0.15) is 10.8 Å². The first-order valence-electron chi connectivity index (χ1n) is 5.82. The number of benzene rings is 1. The topological polar surface area (TPSA) is 50.9 Å². The van der Waals surface area contributed by atoms with Crippen molar-refractivity contribution in [1.29, 1.82) is 0 Å². The molecule has 5 heteroatoms. The molecule has 3 N–H and O–H groups in total. The van der Waals surface area contributed by atoms with Gasteiger partial charge >= 0.3 is 0 Å². The molecule has 0 saturated carbocycles. The van der Waals surface area contributed by atoms with Crippen LogP contribution in [-0.4, -0.2) is 9.97 Å². The van der Waals surface area contributed by atoms with Gasteiger partial charge in [-0.1, -0.05) is 24.4 Å². The third-order valence-electron chi connectivity index (χ3n) is 2.82. The average Bonchev–Trinajstić information content (AvgIpc) is 2.37. The van der Waals surface area contributed by atoms with Gasteiger partial charge in [0.2, 0.25) is 0 Å². The number of hydrogen-bond acceptors (Lipinski definition) is 3. The molecular weight excluding hydrogens is 261 g/mol. The lowest BCUT2D eigenvalue weighted by molar-refractivity contribution is 0.626. The maximum absolute atomic E-state index is 13.7. The largest absolute Gasteiger partial charge is 0.389 e. The van der Waals surface area contributed by atoms with Crippen LogP contribution in [0, 0.1) is 12.7 Å². The van der Waals surface area contributed by atoms with Crippen LogP contribution < -0.4 is 11.1 Å². The van der Waals surface area contributed by atoms with Crippen molar-refractivity contribution in [2.45, 2.75) is 13.5 Å². The summed E-state index contributed by atoms with van der Waals surface area (Å²) in [6.07, 6.45) is 1.73. The van der Waals surface area contributed by atoms with Crippen molar-refractivity contribution in [3.05, 3.63) is 59.2 Å². The lowest BCUT2D eigenvalue weighted by atomic mass is 10.1. The zero-order valence-electron chi connectivity index (χ0n) is 10.5. The van der Waals surface area contributed by atoms with Crippen LogP contribution in [0.5, 0.6) is 0 Å². The van der Waals surface area contributed by atoms with Crippen LogP contribution >= 0.6 is 12.2 Å². The highest BCUT2D eigenvalue weighted by Gasteiger charge is 2.11. The zero-order chi connectivity index (χ0) is 13.8. The molecule has 0 aliphatic carbocycles. The summed E-state index contributed by atoms with van der Waals surface area (Å²) < 4.78 is 13.7. The van der Waals surface area contributed by atoms with Crippen LogP contribution in [0.4, 0.5) is 10.1 Å². The molecule has 1 aromatic heterocycles. The summed E-state index contributed by atoms with van der Waals surface area (Å²) in [5.74, 6) is -0.421. The number of pyridine rings is 1. The van der Waals surface area contributed by atoms with Gasteiger partial charge in [-0.05, 0) is 30.7 Å². The molecule has 0 bridgehead atoms. The molecule has 0 amide bonds. The third-order valence-corrected chi connectivity index (χ3v) is 3.03. The van der Waals surface area contributed by atoms with Gasteiger partial charge in [0, 0.05) is 11.9 Å². The van der Waals surface area contributed by atoms with E-state index in [2.05, 4.69) is 10.3 Å². The molecule has 0 fully saturated rings. The highest BCUT2D eigenvalue weighted by molar-refractivity contribution is 7.80. The maximum atomic E-state index is 13.7. The Labute approximate surface area is 116 Å². The van der Waals surface area contributed by atoms with Crippen LogP contribution in [0.3, 0.4) is 0 Å². The van der Waals surface area contributed by atoms with E-state index in [9.17, 15) is 4.39 Å². The average molecular weight is 275 g/mol. The molecule has 0 aliphatic rings. The lowest BCUT2D eigenvalue weighted by Gasteiger charge is -2.12. The Balaban J connectivity index is 2.23. The molecule has 2 aromatic rings. The summed E-state index contributed by atoms with van der Waals surface area (Å²) in [4.78, 5) is 4.31. The fraction of sp³-hybridized carbons (Fsp3) is 0.143. The first-order valence-corrected chi connectivity index (χ1v) is 6.23. The quantitative estimate of drug-likeness (QED) is 0.842. The van der Waals surface area contributed by atoms with E-state index in [1.54, 1.807) is 18.3 Å². The summed E-state index contributed by atoms with van der Waals surface area (Å²) in [5, 5.41) is 3.12. The third kappa shape index (κ3) is 3.06. The van der Waals surface area contributed by atoms with E-state index in [-0.39, 0.29) is 10.6 Å². The smallest absolute Gasteiger partial charge is 0.135 e. The van der Waals surface area contributed by atoms with Gasteiger partial charge in [-0.15, -0.1) is 0 Å². The van der Waals surface area contributed by atoms with E-state index in [1.165, 1.54) is 6.07 Å². The van der Waals surface area contributed by atoms with Crippen LogP contribution in [0.1, 0.15) is 16.8 Å². The molecule has 98 valence electrons. The lowest BCUT2D eigenvalue weighted by Crippen LogP contribution is -2.15. The number of aryl methyl sites for hydroxylation is 1. The normalized spacial score (nSPS) is 10.2. The van der Waals surface area contributed by atoms with Crippen LogP contribution in [-0.2, 0) is 6.54 Å². The second-order valence-electron chi connectivity index (χ2n) is 4.15. The zero-order valence-corrected chi connectivity index (χ0v) is 11.3. The second kappa shape index (κ2) is 5.75. The molecule has 0 aliphatic heterocycles. The van der Waals surface area contributed by atoms with Crippen molar-refractivity contribution in [3.63, 3.8) is 0 Å². The van der Waals surface area contributed by atoms with E-state index < -0.39 is 5.82 Å². The van der Waals surface area contributed by atoms with E-state index in [0.717, 1.165) is 11.3 Å². The number of hydrogen-bond donors (Lipinski definition) is 2. The fourth-order valence-corrected chi connectivity index (χ4v) is 2.01. The number of anilines is 1. The summed E-state index contributed by atoms with van der Waals surface area (Å²) in [7, 11) is 0. The van der Waals surface area contributed by atoms with Crippen LogP contribution in [0.15, 0.2) is 36.5 Å². The number of rotatable bonds is 4. The van der Waals surface area contributed by atoms with Crippen molar-refractivity contribution < 1.29 is 4.39 Å². The Hall–Kier alpha value is -2.01. The molecule has 1 heterocycles. The van der Waals surface area contributed by atoms with Gasteiger partial charge in [0.05, 0.1) is 17.8 Å². The second-order valence-corrected chi connectivity index (χ2v) is 4.59. The standard InChI is InChI=1S/C14H14FN3S/c1-9-4-3-7-17-12(9)8-18-11-6-2-5-10(15)13(11)14(16)19/h2-7,18H,8H2,1H3,(H2,16,19). The predicted octanol–water partition coefficient (Wildman–Crippen LogP) is 2.78. The van der Waals surface area contributed by atoms with Gasteiger partial charge in [-0.3, -0.25) is 4.98 Å². The number of thiocarbonyl (C=S) groups is 1. The minimum absolute atomic E-state index is 0.0401. The first kappa shape index (κ1) is 13.4. The molecule has 3 nitrogen and oxygen atoms in total. The molecule has 0 unspecified atom stereocenters. The molecule has 1 aromatic carbocycles. The molecule has 2 rings (SSSR count). The summed E-state index contributed by atoms with van der Waals surface area (Å²) in [6, 6.07) is 8.55. The molecule has 0 spiro atoms. The SMILES string of the molecule is Cc1cccnc1CNc1cccc(F)c1C(N)=S. The molecule has 0 saturated heterocycles. The van der Waals surface area contributed by atoms with Crippen LogP contribution in [0.2, 0.25) is 0 Å². The number of nitrogens with one attached hydrogen (secondary N) is 1. The summed E-state index contributed by atoms with van der Waals surface area (Å²) in [5.41, 5.74) is 8.35. The number of halogens is 1. The van der Waals surface area contributed by atoms with E-state index >= 15 is 0 Å². The number of nitrogens with two attached hydrogens (primary N) is 1. The summed E-state index contributed by atoms with van der Waals surface area (Å²) >= 11 is 4.88. The van der Waals surface area contributed by atoms with Gasteiger partial charge in [0.25, 0.3) is 0 Å². The molecule has 0 radical (unpaired) electrons. The van der Waals surface area contributed by atoms with Gasteiger partial charge in [-0.25, -0.2) is 4.39 Å². The highest BCUT2D eigenvalue weighted by Crippen LogP contribution is 2.19. The highest BCUT2D eigenvalue weighted by atomic mass is 32.1. The predicted molar refractivity (Wildman–Crippen MR) is 78.6 cm³/mol. The van der Waals surface area contributed by atoms with Crippen molar-refractivity contribution in [1.82, 2.24) is 4.98 Å². The fourth-order valence-electron chi connectivity index (χ4n) is 1.80. The monoisotopic (exact) mass is 275 g/mol. The van der Waals surface area contributed by atoms with Crippen molar-refractivity contribution in [2.24, 2.45) is 5.73 Å². The van der Waals surface area contributed by atoms with E-state index in [0.29, 0.717) is 12.2 Å². The Morgan fingerprint density at radius 1 is 1.37 bits per heavy atom. The Kier molecular flexibility index (Phi) is 4.06. The number of nitrogens with zero attached hydrogens (tertiary/aromatic N) is 1. The van der Waals surface area contributed by atoms with Gasteiger partial charge in [-0.2, -0.15) is 0 Å². The van der Waals surface area contributed by atoms with Gasteiger partial charge in [0.15, 0.2) is 0 Å². The Morgan fingerprint density at radius 2 is 2.16 bits per heavy atom. The number of aromatic nitrogens is 1. The van der Waals surface area contributed by atoms with Crippen molar-refractivity contribution in [2.75, 3.05) is 5.32 Å². The van der Waals surface area contributed by atoms with Gasteiger partial charge < -0.3 is 11.1 Å².